The summed E-state index contributed by atoms with van der Waals surface area (Å²) < 4.78 is 16.4. The van der Waals surface area contributed by atoms with Crippen molar-refractivity contribution in [3.8, 4) is 22.8 Å². The Morgan fingerprint density at radius 1 is 1.10 bits per heavy atom. The van der Waals surface area contributed by atoms with Gasteiger partial charge in [0.25, 0.3) is 0 Å². The third-order valence-electron chi connectivity index (χ3n) is 5.35. The lowest BCUT2D eigenvalue weighted by atomic mass is 9.94. The van der Waals surface area contributed by atoms with E-state index in [0.717, 1.165) is 52.6 Å². The van der Waals surface area contributed by atoms with Crippen LogP contribution < -0.4 is 9.47 Å². The van der Waals surface area contributed by atoms with Crippen molar-refractivity contribution >= 4 is 21.6 Å². The number of ether oxygens (including phenoxy) is 2. The molecule has 0 amide bonds. The minimum atomic E-state index is 0.341. The molecule has 0 aliphatic rings. The molecular formula is C23H25N3O3S. The van der Waals surface area contributed by atoms with Gasteiger partial charge in [-0.15, -0.1) is 11.3 Å². The van der Waals surface area contributed by atoms with Gasteiger partial charge in [0.15, 0.2) is 0 Å². The number of benzene rings is 1. The molecule has 1 aromatic carbocycles. The van der Waals surface area contributed by atoms with Gasteiger partial charge in [0.05, 0.1) is 19.9 Å². The largest absolute Gasteiger partial charge is 0.497 e. The van der Waals surface area contributed by atoms with Crippen LogP contribution in [0.15, 0.2) is 41.2 Å². The fraction of sp³-hybridized carbons (Fsp3) is 0.348. The van der Waals surface area contributed by atoms with Gasteiger partial charge in [-0.25, -0.2) is 9.97 Å². The molecule has 3 aromatic heterocycles. The van der Waals surface area contributed by atoms with Crippen molar-refractivity contribution in [2.24, 2.45) is 0 Å². The van der Waals surface area contributed by atoms with E-state index >= 15 is 0 Å². The summed E-state index contributed by atoms with van der Waals surface area (Å²) in [6, 6.07) is 9.86. The van der Waals surface area contributed by atoms with Crippen molar-refractivity contribution in [3.63, 3.8) is 0 Å². The second kappa shape index (κ2) is 8.83. The monoisotopic (exact) mass is 423 g/mol. The quantitative estimate of drug-likeness (QED) is 0.357. The van der Waals surface area contributed by atoms with Gasteiger partial charge in [0.1, 0.15) is 34.1 Å². The lowest BCUT2D eigenvalue weighted by Crippen LogP contribution is -2.03. The Labute approximate surface area is 179 Å². The van der Waals surface area contributed by atoms with Gasteiger partial charge in [-0.1, -0.05) is 12.1 Å². The van der Waals surface area contributed by atoms with E-state index in [1.807, 2.05) is 24.3 Å². The van der Waals surface area contributed by atoms with E-state index in [9.17, 15) is 0 Å². The number of methoxy groups -OCH3 is 2. The summed E-state index contributed by atoms with van der Waals surface area (Å²) in [5, 5.41) is 5.43. The molecular weight excluding hydrogens is 398 g/mol. The van der Waals surface area contributed by atoms with E-state index in [2.05, 4.69) is 35.0 Å². The number of nitrogens with zero attached hydrogens (tertiary/aromatic N) is 3. The zero-order valence-corrected chi connectivity index (χ0v) is 18.5. The predicted octanol–water partition coefficient (Wildman–Crippen LogP) is 5.80. The van der Waals surface area contributed by atoms with Gasteiger partial charge < -0.3 is 14.0 Å². The minimum Gasteiger partial charge on any atom is -0.497 e. The standard InChI is InChI=1S/C23H25N3O3S/c1-5-15(22-19-10-14(2)30-23(19)25-13-24-22)6-7-17-11-20(26-29-17)18-9-8-16(27-3)12-21(18)28-4/h8-13,15H,5-7H2,1-4H3. The maximum atomic E-state index is 5.63. The Balaban J connectivity index is 1.52. The summed E-state index contributed by atoms with van der Waals surface area (Å²) in [5.74, 6) is 2.64. The Hall–Kier alpha value is -2.93. The van der Waals surface area contributed by atoms with Gasteiger partial charge >= 0.3 is 0 Å². The first-order valence-corrected chi connectivity index (χ1v) is 10.8. The highest BCUT2D eigenvalue weighted by atomic mass is 32.1. The van der Waals surface area contributed by atoms with Crippen LogP contribution in [0.25, 0.3) is 21.5 Å². The van der Waals surface area contributed by atoms with Crippen LogP contribution in [-0.4, -0.2) is 29.3 Å². The third kappa shape index (κ3) is 4.03. The first-order valence-electron chi connectivity index (χ1n) is 10.0. The van der Waals surface area contributed by atoms with Crippen molar-refractivity contribution in [2.45, 2.75) is 39.0 Å². The number of aryl methyl sites for hydroxylation is 2. The molecule has 3 heterocycles. The molecule has 0 bridgehead atoms. The minimum absolute atomic E-state index is 0.341. The Bertz CT molecular complexity index is 1150. The van der Waals surface area contributed by atoms with Gasteiger partial charge in [-0.2, -0.15) is 0 Å². The molecule has 6 nitrogen and oxygen atoms in total. The fourth-order valence-electron chi connectivity index (χ4n) is 3.74. The van der Waals surface area contributed by atoms with Gasteiger partial charge in [0.2, 0.25) is 0 Å². The maximum absolute atomic E-state index is 5.63. The van der Waals surface area contributed by atoms with Crippen LogP contribution in [0, 0.1) is 6.92 Å². The smallest absolute Gasteiger partial charge is 0.137 e. The molecule has 1 unspecified atom stereocenters. The van der Waals surface area contributed by atoms with E-state index < -0.39 is 0 Å². The molecule has 7 heteroatoms. The average molecular weight is 424 g/mol. The van der Waals surface area contributed by atoms with Crippen molar-refractivity contribution in [3.05, 3.63) is 53.0 Å². The highest BCUT2D eigenvalue weighted by Crippen LogP contribution is 2.35. The summed E-state index contributed by atoms with van der Waals surface area (Å²) in [6.07, 6.45) is 4.41. The van der Waals surface area contributed by atoms with Crippen molar-refractivity contribution in [1.82, 2.24) is 15.1 Å². The average Bonchev–Trinajstić information content (AvgIpc) is 3.39. The number of thiophene rings is 1. The van der Waals surface area contributed by atoms with Crippen LogP contribution in [-0.2, 0) is 6.42 Å². The number of rotatable bonds is 8. The highest BCUT2D eigenvalue weighted by Gasteiger charge is 2.18. The second-order valence-corrected chi connectivity index (χ2v) is 8.46. The van der Waals surface area contributed by atoms with E-state index in [4.69, 9.17) is 14.0 Å². The summed E-state index contributed by atoms with van der Waals surface area (Å²) in [4.78, 5) is 11.4. The van der Waals surface area contributed by atoms with Crippen LogP contribution in [0.4, 0.5) is 0 Å². The van der Waals surface area contributed by atoms with Gasteiger partial charge in [-0.3, -0.25) is 0 Å². The van der Waals surface area contributed by atoms with E-state index in [0.29, 0.717) is 11.7 Å². The van der Waals surface area contributed by atoms with Crippen molar-refractivity contribution in [2.75, 3.05) is 14.2 Å². The third-order valence-corrected chi connectivity index (χ3v) is 6.30. The molecule has 0 saturated heterocycles. The Morgan fingerprint density at radius 3 is 2.73 bits per heavy atom. The topological polar surface area (TPSA) is 70.3 Å². The lowest BCUT2D eigenvalue weighted by Gasteiger charge is -2.14. The van der Waals surface area contributed by atoms with Crippen LogP contribution in [0.1, 0.15) is 42.0 Å². The molecule has 4 aromatic rings. The molecule has 0 aliphatic carbocycles. The van der Waals surface area contributed by atoms with Gasteiger partial charge in [-0.05, 0) is 38.0 Å². The van der Waals surface area contributed by atoms with Crippen LogP contribution in [0.5, 0.6) is 11.5 Å². The molecule has 1 atom stereocenters. The fourth-order valence-corrected chi connectivity index (χ4v) is 4.59. The lowest BCUT2D eigenvalue weighted by molar-refractivity contribution is 0.375. The first kappa shape index (κ1) is 20.3. The van der Waals surface area contributed by atoms with E-state index in [1.165, 1.54) is 10.3 Å². The van der Waals surface area contributed by atoms with Crippen molar-refractivity contribution in [1.29, 1.82) is 0 Å². The SMILES string of the molecule is CCC(CCc1cc(-c2ccc(OC)cc2OC)no1)c1ncnc2sc(C)cc12. The highest BCUT2D eigenvalue weighted by molar-refractivity contribution is 7.18. The molecule has 0 saturated carbocycles. The number of fused-ring (bicyclic) bond motifs is 1. The second-order valence-electron chi connectivity index (χ2n) is 7.22. The summed E-state index contributed by atoms with van der Waals surface area (Å²) >= 11 is 1.72. The van der Waals surface area contributed by atoms with Crippen LogP contribution in [0.3, 0.4) is 0 Å². The molecule has 0 fully saturated rings. The number of hydrogen-bond donors (Lipinski definition) is 0. The predicted molar refractivity (Wildman–Crippen MR) is 119 cm³/mol. The normalized spacial score (nSPS) is 12.3. The van der Waals surface area contributed by atoms with Gasteiger partial charge in [0, 0.05) is 40.3 Å². The Kier molecular flexibility index (Phi) is 5.99. The molecule has 0 spiro atoms. The zero-order chi connectivity index (χ0) is 21.1. The van der Waals surface area contributed by atoms with E-state index in [1.54, 1.807) is 31.9 Å². The number of hydrogen-bond acceptors (Lipinski definition) is 7. The number of aromatic nitrogens is 3. The summed E-state index contributed by atoms with van der Waals surface area (Å²) in [5.41, 5.74) is 2.77. The summed E-state index contributed by atoms with van der Waals surface area (Å²) in [7, 11) is 3.27. The molecule has 0 N–H and O–H groups in total. The molecule has 156 valence electrons. The van der Waals surface area contributed by atoms with Crippen LogP contribution in [0.2, 0.25) is 0 Å². The molecule has 0 radical (unpaired) electrons. The summed E-state index contributed by atoms with van der Waals surface area (Å²) in [6.45, 7) is 4.31. The first-order chi connectivity index (χ1) is 14.6. The van der Waals surface area contributed by atoms with Crippen molar-refractivity contribution < 1.29 is 14.0 Å². The van der Waals surface area contributed by atoms with E-state index in [-0.39, 0.29) is 0 Å². The zero-order valence-electron chi connectivity index (χ0n) is 17.6. The molecule has 30 heavy (non-hydrogen) atoms. The molecule has 0 aliphatic heterocycles. The Morgan fingerprint density at radius 2 is 1.97 bits per heavy atom. The molecule has 4 rings (SSSR count). The maximum Gasteiger partial charge on any atom is 0.137 e. The van der Waals surface area contributed by atoms with Crippen LogP contribution >= 0.6 is 11.3 Å².